The van der Waals surface area contributed by atoms with Crippen LogP contribution in [0.4, 0.5) is 11.4 Å². The fourth-order valence-electron chi connectivity index (χ4n) is 2.72. The van der Waals surface area contributed by atoms with Gasteiger partial charge < -0.3 is 9.88 Å². The Balaban J connectivity index is 1.84. The predicted octanol–water partition coefficient (Wildman–Crippen LogP) is 4.13. The summed E-state index contributed by atoms with van der Waals surface area (Å²) in [4.78, 5) is 35.2. The molecule has 1 N–H and O–H groups in total. The Morgan fingerprint density at radius 1 is 1.18 bits per heavy atom. The average Bonchev–Trinajstić information content (AvgIpc) is 2.66. The van der Waals surface area contributed by atoms with Gasteiger partial charge in [0.1, 0.15) is 0 Å². The Morgan fingerprint density at radius 2 is 1.96 bits per heavy atom. The van der Waals surface area contributed by atoms with E-state index in [0.29, 0.717) is 16.8 Å². The number of aromatic nitrogens is 1. The molecule has 0 spiro atoms. The number of halogens is 1. The number of carbonyl (C=O) groups excluding carboxylic acids is 1. The van der Waals surface area contributed by atoms with Gasteiger partial charge in [-0.25, -0.2) is 0 Å². The number of rotatable bonds is 5. The molecule has 0 aliphatic heterocycles. The lowest BCUT2D eigenvalue weighted by Gasteiger charge is -2.11. The second kappa shape index (κ2) is 8.18. The molecule has 0 aliphatic carbocycles. The lowest BCUT2D eigenvalue weighted by Crippen LogP contribution is -2.22. The summed E-state index contributed by atoms with van der Waals surface area (Å²) >= 11 is 3.38. The van der Waals surface area contributed by atoms with Crippen molar-refractivity contribution >= 4 is 33.2 Å². The molecule has 1 amide bonds. The van der Waals surface area contributed by atoms with Gasteiger partial charge in [-0.15, -0.1) is 0 Å². The monoisotopic (exact) mass is 441 g/mol. The molecule has 8 heteroatoms. The first-order valence-corrected chi connectivity index (χ1v) is 9.14. The molecule has 2 aromatic carbocycles. The predicted molar refractivity (Wildman–Crippen MR) is 110 cm³/mol. The van der Waals surface area contributed by atoms with Crippen LogP contribution < -0.4 is 10.9 Å². The summed E-state index contributed by atoms with van der Waals surface area (Å²) in [7, 11) is 0. The molecular weight excluding hydrogens is 426 g/mol. The number of nitrogens with one attached hydrogen (secondary N) is 1. The van der Waals surface area contributed by atoms with E-state index in [9.17, 15) is 19.7 Å². The summed E-state index contributed by atoms with van der Waals surface area (Å²) in [6.45, 7) is 2.00. The molecule has 142 valence electrons. The van der Waals surface area contributed by atoms with E-state index in [4.69, 9.17) is 0 Å². The summed E-state index contributed by atoms with van der Waals surface area (Å²) in [5.41, 5.74) is 2.12. The van der Waals surface area contributed by atoms with Crippen molar-refractivity contribution in [2.45, 2.75) is 13.5 Å². The SMILES string of the molecule is Cc1cc(Br)ccc1NC(=O)c1ccc(=O)n(Cc2cccc([N+](=O)[O-])c2)c1. The molecule has 0 unspecified atom stereocenters. The average molecular weight is 442 g/mol. The Morgan fingerprint density at radius 3 is 2.68 bits per heavy atom. The smallest absolute Gasteiger partial charge is 0.269 e. The van der Waals surface area contributed by atoms with Gasteiger partial charge in [0.25, 0.3) is 17.2 Å². The fraction of sp³-hybridized carbons (Fsp3) is 0.100. The molecule has 0 atom stereocenters. The van der Waals surface area contributed by atoms with Crippen molar-refractivity contribution in [3.63, 3.8) is 0 Å². The van der Waals surface area contributed by atoms with E-state index >= 15 is 0 Å². The highest BCUT2D eigenvalue weighted by Gasteiger charge is 2.11. The van der Waals surface area contributed by atoms with Gasteiger partial charge in [-0.1, -0.05) is 28.1 Å². The summed E-state index contributed by atoms with van der Waals surface area (Å²) in [6.07, 6.45) is 1.45. The molecule has 28 heavy (non-hydrogen) atoms. The second-order valence-corrected chi connectivity index (χ2v) is 7.14. The standard InChI is InChI=1S/C20H16BrN3O4/c1-13-9-16(21)6-7-18(13)22-20(26)15-5-8-19(25)23(12-15)11-14-3-2-4-17(10-14)24(27)28/h2-10,12H,11H2,1H3,(H,22,26). The number of anilines is 1. The minimum Gasteiger partial charge on any atom is -0.322 e. The van der Waals surface area contributed by atoms with Gasteiger partial charge in [-0.05, 0) is 42.3 Å². The first kappa shape index (κ1) is 19.5. The van der Waals surface area contributed by atoms with Crippen molar-refractivity contribution < 1.29 is 9.72 Å². The van der Waals surface area contributed by atoms with Crippen LogP contribution in [0.1, 0.15) is 21.5 Å². The quantitative estimate of drug-likeness (QED) is 0.475. The van der Waals surface area contributed by atoms with Gasteiger partial charge in [0.05, 0.1) is 17.0 Å². The summed E-state index contributed by atoms with van der Waals surface area (Å²) < 4.78 is 2.26. The maximum absolute atomic E-state index is 12.6. The van der Waals surface area contributed by atoms with E-state index in [1.807, 2.05) is 19.1 Å². The van der Waals surface area contributed by atoms with Crippen molar-refractivity contribution in [1.82, 2.24) is 4.57 Å². The molecule has 7 nitrogen and oxygen atoms in total. The van der Waals surface area contributed by atoms with E-state index < -0.39 is 4.92 Å². The third-order valence-electron chi connectivity index (χ3n) is 4.16. The maximum Gasteiger partial charge on any atom is 0.269 e. The third-order valence-corrected chi connectivity index (χ3v) is 4.65. The van der Waals surface area contributed by atoms with Crippen molar-refractivity contribution in [3.8, 4) is 0 Å². The van der Waals surface area contributed by atoms with Crippen LogP contribution in [0.15, 0.2) is 70.1 Å². The minimum atomic E-state index is -0.489. The van der Waals surface area contributed by atoms with Gasteiger partial charge in [0, 0.05) is 34.6 Å². The first-order valence-electron chi connectivity index (χ1n) is 8.35. The summed E-state index contributed by atoms with van der Waals surface area (Å²) in [6, 6.07) is 14.3. The molecule has 3 rings (SSSR count). The van der Waals surface area contributed by atoms with Crippen molar-refractivity contribution in [2.75, 3.05) is 5.32 Å². The third kappa shape index (κ3) is 4.52. The number of nitro benzene ring substituents is 1. The summed E-state index contributed by atoms with van der Waals surface area (Å²) in [5.74, 6) is -0.349. The number of nitrogens with zero attached hydrogens (tertiary/aromatic N) is 2. The highest BCUT2D eigenvalue weighted by Crippen LogP contribution is 2.20. The van der Waals surface area contributed by atoms with E-state index in [1.165, 1.54) is 35.0 Å². The van der Waals surface area contributed by atoms with Crippen LogP contribution in [-0.4, -0.2) is 15.4 Å². The molecule has 0 fully saturated rings. The molecule has 0 saturated carbocycles. The van der Waals surface area contributed by atoms with Gasteiger partial charge >= 0.3 is 0 Å². The number of pyridine rings is 1. The molecule has 0 aliphatic rings. The second-order valence-electron chi connectivity index (χ2n) is 6.22. The Bertz CT molecular complexity index is 1120. The Hall–Kier alpha value is -3.26. The van der Waals surface area contributed by atoms with Gasteiger partial charge in [0.2, 0.25) is 0 Å². The van der Waals surface area contributed by atoms with E-state index in [-0.39, 0.29) is 23.7 Å². The molecule has 0 bridgehead atoms. The molecule has 1 aromatic heterocycles. The van der Waals surface area contributed by atoms with Crippen LogP contribution in [0.25, 0.3) is 0 Å². The largest absolute Gasteiger partial charge is 0.322 e. The lowest BCUT2D eigenvalue weighted by molar-refractivity contribution is -0.384. The zero-order chi connectivity index (χ0) is 20.3. The number of hydrogen-bond acceptors (Lipinski definition) is 4. The highest BCUT2D eigenvalue weighted by atomic mass is 79.9. The van der Waals surface area contributed by atoms with Gasteiger partial charge in [-0.2, -0.15) is 0 Å². The minimum absolute atomic E-state index is 0.0508. The zero-order valence-corrected chi connectivity index (χ0v) is 16.5. The van der Waals surface area contributed by atoms with E-state index in [2.05, 4.69) is 21.2 Å². The highest BCUT2D eigenvalue weighted by molar-refractivity contribution is 9.10. The number of benzene rings is 2. The molecule has 0 saturated heterocycles. The molecule has 0 radical (unpaired) electrons. The number of non-ortho nitro benzene ring substituents is 1. The summed E-state index contributed by atoms with van der Waals surface area (Å²) in [5, 5.41) is 13.7. The fourth-order valence-corrected chi connectivity index (χ4v) is 3.19. The first-order chi connectivity index (χ1) is 13.3. The van der Waals surface area contributed by atoms with Crippen molar-refractivity contribution in [2.24, 2.45) is 0 Å². The number of amides is 1. The van der Waals surface area contributed by atoms with Crippen LogP contribution in [0.2, 0.25) is 0 Å². The van der Waals surface area contributed by atoms with Gasteiger partial charge in [0.15, 0.2) is 0 Å². The van der Waals surface area contributed by atoms with Crippen molar-refractivity contribution in [1.29, 1.82) is 0 Å². The maximum atomic E-state index is 12.6. The molecular formula is C20H16BrN3O4. The van der Waals surface area contributed by atoms with Crippen molar-refractivity contribution in [3.05, 3.63) is 102 Å². The Labute approximate surface area is 168 Å². The van der Waals surface area contributed by atoms with E-state index in [0.717, 1.165) is 10.0 Å². The lowest BCUT2D eigenvalue weighted by atomic mass is 10.1. The van der Waals surface area contributed by atoms with Crippen LogP contribution in [-0.2, 0) is 6.54 Å². The molecule has 3 aromatic rings. The normalized spacial score (nSPS) is 10.5. The number of aryl methyl sites for hydroxylation is 1. The molecule has 1 heterocycles. The van der Waals surface area contributed by atoms with Crippen LogP contribution in [0.5, 0.6) is 0 Å². The number of carbonyl (C=O) groups is 1. The van der Waals surface area contributed by atoms with Crippen LogP contribution >= 0.6 is 15.9 Å². The zero-order valence-electron chi connectivity index (χ0n) is 14.9. The van der Waals surface area contributed by atoms with E-state index in [1.54, 1.807) is 18.2 Å². The Kier molecular flexibility index (Phi) is 5.70. The topological polar surface area (TPSA) is 94.2 Å². The number of hydrogen-bond donors (Lipinski definition) is 1. The van der Waals surface area contributed by atoms with Crippen LogP contribution in [0, 0.1) is 17.0 Å². The van der Waals surface area contributed by atoms with Gasteiger partial charge in [-0.3, -0.25) is 19.7 Å². The van der Waals surface area contributed by atoms with Crippen LogP contribution in [0.3, 0.4) is 0 Å². The number of nitro groups is 1.